The summed E-state index contributed by atoms with van der Waals surface area (Å²) >= 11 is 0. The van der Waals surface area contributed by atoms with Crippen molar-refractivity contribution >= 4 is 28.6 Å². The molecule has 25 heavy (non-hydrogen) atoms. The maximum atomic E-state index is 12.9. The number of esters is 1. The molecule has 1 aromatic heterocycles. The average molecular weight is 341 g/mol. The van der Waals surface area contributed by atoms with Gasteiger partial charge in [0, 0.05) is 23.6 Å². The summed E-state index contributed by atoms with van der Waals surface area (Å²) in [5.74, 6) is -0.727. The molecule has 1 fully saturated rings. The number of fused-ring (bicyclic) bond motifs is 1. The van der Waals surface area contributed by atoms with Gasteiger partial charge in [-0.3, -0.25) is 19.0 Å². The van der Waals surface area contributed by atoms with Gasteiger partial charge in [-0.2, -0.15) is 0 Å². The molecule has 1 atom stereocenters. The number of nitrogens with zero attached hydrogens (tertiary/aromatic N) is 1. The zero-order valence-corrected chi connectivity index (χ0v) is 15.3. The quantitative estimate of drug-likeness (QED) is 0.613. The van der Waals surface area contributed by atoms with Crippen LogP contribution in [0.25, 0.3) is 10.9 Å². The van der Waals surface area contributed by atoms with Crippen LogP contribution < -0.4 is 0 Å². The smallest absolute Gasteiger partial charge is 0.319 e. The molecule has 2 heterocycles. The third kappa shape index (κ3) is 2.41. The van der Waals surface area contributed by atoms with Gasteiger partial charge < -0.3 is 4.74 Å². The number of para-hydroxylation sites is 1. The highest BCUT2D eigenvalue weighted by atomic mass is 16.5. The predicted molar refractivity (Wildman–Crippen MR) is 94.3 cm³/mol. The van der Waals surface area contributed by atoms with Crippen LogP contribution in [-0.2, 0) is 14.3 Å². The number of ether oxygens (including phenoxy) is 1. The molecular formula is C20H23NO4. The minimum Gasteiger partial charge on any atom is -0.456 e. The zero-order valence-electron chi connectivity index (χ0n) is 15.3. The molecule has 1 aromatic carbocycles. The fraction of sp³-hybridized carbons (Fsp3) is 0.450. The van der Waals surface area contributed by atoms with Crippen molar-refractivity contribution in [3.8, 4) is 0 Å². The number of Topliss-reactive ketones (excluding diaryl/α,β-unsaturated/α-hetero) is 1. The fourth-order valence-electron chi connectivity index (χ4n) is 3.66. The second kappa shape index (κ2) is 5.55. The van der Waals surface area contributed by atoms with E-state index in [0.717, 1.165) is 10.9 Å². The number of hydrogen-bond acceptors (Lipinski definition) is 4. The van der Waals surface area contributed by atoms with Crippen LogP contribution in [0.5, 0.6) is 0 Å². The van der Waals surface area contributed by atoms with E-state index in [-0.39, 0.29) is 11.7 Å². The van der Waals surface area contributed by atoms with Crippen LogP contribution in [0.1, 0.15) is 57.5 Å². The molecular weight excluding hydrogens is 318 g/mol. The van der Waals surface area contributed by atoms with Gasteiger partial charge in [-0.25, -0.2) is 0 Å². The van der Waals surface area contributed by atoms with Crippen molar-refractivity contribution in [1.29, 1.82) is 0 Å². The largest absolute Gasteiger partial charge is 0.456 e. The number of aromatic nitrogens is 1. The second-order valence-electron chi connectivity index (χ2n) is 7.68. The summed E-state index contributed by atoms with van der Waals surface area (Å²) in [5, 5.41) is 0.822. The summed E-state index contributed by atoms with van der Waals surface area (Å²) in [4.78, 5) is 37.6. The van der Waals surface area contributed by atoms with Crippen molar-refractivity contribution in [1.82, 2.24) is 4.57 Å². The van der Waals surface area contributed by atoms with Gasteiger partial charge in [-0.1, -0.05) is 25.1 Å². The Morgan fingerprint density at radius 1 is 1.16 bits per heavy atom. The monoisotopic (exact) mass is 341 g/mol. The molecule has 3 rings (SSSR count). The molecule has 0 bridgehead atoms. The number of ketones is 1. The molecule has 2 aromatic rings. The second-order valence-corrected chi connectivity index (χ2v) is 7.68. The SMILES string of the molecule is CCC(=O)n1cc([C@H]2OC(=O)C(C)(C)C(=O)C2(C)C)c2ccccc21. The Bertz CT molecular complexity index is 888. The first-order chi connectivity index (χ1) is 11.6. The number of cyclic esters (lactones) is 1. The van der Waals surface area contributed by atoms with Crippen LogP contribution in [0.4, 0.5) is 0 Å². The van der Waals surface area contributed by atoms with Gasteiger partial charge in [0.05, 0.1) is 10.9 Å². The highest BCUT2D eigenvalue weighted by molar-refractivity contribution is 6.08. The Balaban J connectivity index is 2.21. The van der Waals surface area contributed by atoms with Crippen molar-refractivity contribution < 1.29 is 19.1 Å². The standard InChI is InChI=1S/C20H23NO4/c1-6-15(22)21-11-13(12-9-7-8-10-14(12)21)16-19(2,3)17(23)20(4,5)18(24)25-16/h7-11,16H,6H2,1-5H3/t16-/m1/s1. The van der Waals surface area contributed by atoms with Crippen LogP contribution in [-0.4, -0.2) is 22.2 Å². The molecule has 0 radical (unpaired) electrons. The summed E-state index contributed by atoms with van der Waals surface area (Å²) in [6.45, 7) is 8.58. The normalized spacial score (nSPS) is 22.0. The molecule has 0 aliphatic carbocycles. The van der Waals surface area contributed by atoms with E-state index >= 15 is 0 Å². The molecule has 5 nitrogen and oxygen atoms in total. The van der Waals surface area contributed by atoms with Crippen LogP contribution in [0.2, 0.25) is 0 Å². The van der Waals surface area contributed by atoms with E-state index in [9.17, 15) is 14.4 Å². The maximum Gasteiger partial charge on any atom is 0.319 e. The summed E-state index contributed by atoms with van der Waals surface area (Å²) in [7, 11) is 0. The lowest BCUT2D eigenvalue weighted by molar-refractivity contribution is -0.186. The molecule has 5 heteroatoms. The fourth-order valence-corrected chi connectivity index (χ4v) is 3.66. The first-order valence-electron chi connectivity index (χ1n) is 8.51. The van der Waals surface area contributed by atoms with Crippen molar-refractivity contribution in [2.75, 3.05) is 0 Å². The maximum absolute atomic E-state index is 12.9. The van der Waals surface area contributed by atoms with Crippen molar-refractivity contribution in [2.45, 2.75) is 47.1 Å². The minimum atomic E-state index is -1.17. The molecule has 0 spiro atoms. The third-order valence-electron chi connectivity index (χ3n) is 5.14. The molecule has 1 aliphatic heterocycles. The lowest BCUT2D eigenvalue weighted by atomic mass is 9.67. The third-order valence-corrected chi connectivity index (χ3v) is 5.14. The number of benzene rings is 1. The topological polar surface area (TPSA) is 65.4 Å². The molecule has 0 amide bonds. The lowest BCUT2D eigenvalue weighted by Crippen LogP contribution is -2.52. The molecule has 0 unspecified atom stereocenters. The molecule has 132 valence electrons. The van der Waals surface area contributed by atoms with E-state index in [1.807, 2.05) is 24.3 Å². The Kier molecular flexibility index (Phi) is 3.86. The van der Waals surface area contributed by atoms with Gasteiger partial charge in [-0.15, -0.1) is 0 Å². The van der Waals surface area contributed by atoms with Crippen LogP contribution in [0.15, 0.2) is 30.5 Å². The summed E-state index contributed by atoms with van der Waals surface area (Å²) in [6, 6.07) is 7.47. The Morgan fingerprint density at radius 3 is 2.44 bits per heavy atom. The summed E-state index contributed by atoms with van der Waals surface area (Å²) < 4.78 is 7.31. The lowest BCUT2D eigenvalue weighted by Gasteiger charge is -2.43. The van der Waals surface area contributed by atoms with E-state index < -0.39 is 22.9 Å². The Labute approximate surface area is 147 Å². The van der Waals surface area contributed by atoms with Gasteiger partial charge >= 0.3 is 5.97 Å². The van der Waals surface area contributed by atoms with Crippen molar-refractivity contribution in [3.05, 3.63) is 36.0 Å². The summed E-state index contributed by atoms with van der Waals surface area (Å²) in [6.07, 6.45) is 1.34. The van der Waals surface area contributed by atoms with Crippen molar-refractivity contribution in [2.24, 2.45) is 10.8 Å². The van der Waals surface area contributed by atoms with E-state index in [1.165, 1.54) is 0 Å². The molecule has 0 N–H and O–H groups in total. The van der Waals surface area contributed by atoms with Crippen molar-refractivity contribution in [3.63, 3.8) is 0 Å². The van der Waals surface area contributed by atoms with Gasteiger partial charge in [0.15, 0.2) is 5.78 Å². The number of carbonyl (C=O) groups excluding carboxylic acids is 3. The number of rotatable bonds is 2. The Hall–Kier alpha value is -2.43. The first kappa shape index (κ1) is 17.4. The first-order valence-corrected chi connectivity index (χ1v) is 8.51. The van der Waals surface area contributed by atoms with Gasteiger partial charge in [0.25, 0.3) is 0 Å². The zero-order chi connectivity index (χ0) is 18.6. The predicted octanol–water partition coefficient (Wildman–Crippen LogP) is 3.91. The highest BCUT2D eigenvalue weighted by Crippen LogP contribution is 2.49. The van der Waals surface area contributed by atoms with Gasteiger partial charge in [-0.05, 0) is 33.8 Å². The molecule has 1 saturated heterocycles. The average Bonchev–Trinajstić information content (AvgIpc) is 2.96. The molecule has 1 aliphatic rings. The number of hydrogen-bond donors (Lipinski definition) is 0. The van der Waals surface area contributed by atoms with E-state index in [1.54, 1.807) is 45.4 Å². The number of carbonyl (C=O) groups is 3. The van der Waals surface area contributed by atoms with E-state index in [4.69, 9.17) is 4.74 Å². The highest BCUT2D eigenvalue weighted by Gasteiger charge is 2.56. The Morgan fingerprint density at radius 2 is 1.80 bits per heavy atom. The van der Waals surface area contributed by atoms with Crippen LogP contribution in [0.3, 0.4) is 0 Å². The van der Waals surface area contributed by atoms with E-state index in [0.29, 0.717) is 12.0 Å². The minimum absolute atomic E-state index is 0.0472. The summed E-state index contributed by atoms with van der Waals surface area (Å²) in [5.41, 5.74) is -0.604. The van der Waals surface area contributed by atoms with Crippen LogP contribution in [0, 0.1) is 10.8 Å². The molecule has 0 saturated carbocycles. The van der Waals surface area contributed by atoms with Gasteiger partial charge in [0.2, 0.25) is 5.91 Å². The van der Waals surface area contributed by atoms with E-state index in [2.05, 4.69) is 0 Å². The van der Waals surface area contributed by atoms with Gasteiger partial charge in [0.1, 0.15) is 11.5 Å². The van der Waals surface area contributed by atoms with Crippen LogP contribution >= 0.6 is 0 Å².